The van der Waals surface area contributed by atoms with Crippen molar-refractivity contribution in [2.24, 2.45) is 0 Å². The number of carbonyl (C=O) groups is 1. The molecule has 0 bridgehead atoms. The number of carboxylic acids is 1. The van der Waals surface area contributed by atoms with Gasteiger partial charge < -0.3 is 14.9 Å². The smallest absolute Gasteiger partial charge is 0.303 e. The fraction of sp³-hybridized carbons (Fsp3) is 0.900. The first kappa shape index (κ1) is 11.5. The van der Waals surface area contributed by atoms with E-state index in [1.165, 1.54) is 0 Å². The predicted octanol–water partition coefficient (Wildman–Crippen LogP) is 0.486. The standard InChI is InChI=1S/C10H20N2O2/c1-8-6-12(3)9(7-11(8)2)4-5-10(13)14/h8-9H,4-7H2,1-3H3,(H,13,14). The average Bonchev–Trinajstić information content (AvgIpc) is 2.09. The van der Waals surface area contributed by atoms with Gasteiger partial charge in [-0.2, -0.15) is 0 Å². The van der Waals surface area contributed by atoms with Crippen LogP contribution in [0.3, 0.4) is 0 Å². The zero-order valence-electron chi connectivity index (χ0n) is 9.23. The highest BCUT2D eigenvalue weighted by Gasteiger charge is 2.26. The van der Waals surface area contributed by atoms with Crippen molar-refractivity contribution in [3.63, 3.8) is 0 Å². The molecule has 14 heavy (non-hydrogen) atoms. The second-order valence-corrected chi connectivity index (χ2v) is 4.31. The minimum Gasteiger partial charge on any atom is -0.481 e. The highest BCUT2D eigenvalue weighted by molar-refractivity contribution is 5.66. The van der Waals surface area contributed by atoms with Crippen molar-refractivity contribution in [2.45, 2.75) is 31.8 Å². The molecule has 1 heterocycles. The quantitative estimate of drug-likeness (QED) is 0.720. The minimum absolute atomic E-state index is 0.275. The molecule has 4 heteroatoms. The minimum atomic E-state index is -0.695. The molecule has 1 fully saturated rings. The Hall–Kier alpha value is -0.610. The number of nitrogens with zero attached hydrogens (tertiary/aromatic N) is 2. The molecule has 0 aromatic carbocycles. The molecule has 1 N–H and O–H groups in total. The van der Waals surface area contributed by atoms with E-state index in [1.54, 1.807) is 0 Å². The first-order chi connectivity index (χ1) is 6.50. The molecule has 1 rings (SSSR count). The topological polar surface area (TPSA) is 43.8 Å². The third-order valence-electron chi connectivity index (χ3n) is 3.12. The van der Waals surface area contributed by atoms with E-state index in [0.29, 0.717) is 12.1 Å². The fourth-order valence-electron chi connectivity index (χ4n) is 1.96. The summed E-state index contributed by atoms with van der Waals surface area (Å²) in [5, 5.41) is 8.62. The molecule has 4 nitrogen and oxygen atoms in total. The Labute approximate surface area is 85.5 Å². The van der Waals surface area contributed by atoms with Crippen molar-refractivity contribution in [3.8, 4) is 0 Å². The van der Waals surface area contributed by atoms with Crippen LogP contribution in [-0.4, -0.2) is 60.1 Å². The van der Waals surface area contributed by atoms with E-state index in [1.807, 2.05) is 0 Å². The monoisotopic (exact) mass is 200 g/mol. The molecule has 2 atom stereocenters. The first-order valence-electron chi connectivity index (χ1n) is 5.13. The largest absolute Gasteiger partial charge is 0.481 e. The van der Waals surface area contributed by atoms with Crippen molar-refractivity contribution in [2.75, 3.05) is 27.2 Å². The molecule has 0 amide bonds. The maximum Gasteiger partial charge on any atom is 0.303 e. The van der Waals surface area contributed by atoms with Gasteiger partial charge in [-0.25, -0.2) is 0 Å². The summed E-state index contributed by atoms with van der Waals surface area (Å²) in [6.45, 7) is 4.20. The summed E-state index contributed by atoms with van der Waals surface area (Å²) in [5.74, 6) is -0.695. The molecule has 0 radical (unpaired) electrons. The van der Waals surface area contributed by atoms with Gasteiger partial charge in [-0.05, 0) is 27.4 Å². The Bertz CT molecular complexity index is 208. The predicted molar refractivity (Wildman–Crippen MR) is 55.4 cm³/mol. The van der Waals surface area contributed by atoms with Crippen LogP contribution in [0.5, 0.6) is 0 Å². The van der Waals surface area contributed by atoms with E-state index in [-0.39, 0.29) is 6.42 Å². The lowest BCUT2D eigenvalue weighted by atomic mass is 10.0. The third kappa shape index (κ3) is 2.96. The van der Waals surface area contributed by atoms with E-state index < -0.39 is 5.97 Å². The van der Waals surface area contributed by atoms with Gasteiger partial charge in [0.15, 0.2) is 0 Å². The molecule has 1 aliphatic rings. The van der Waals surface area contributed by atoms with Gasteiger partial charge >= 0.3 is 5.97 Å². The Balaban J connectivity index is 2.40. The number of aliphatic carboxylic acids is 1. The van der Waals surface area contributed by atoms with E-state index in [9.17, 15) is 4.79 Å². The Kier molecular flexibility index (Phi) is 3.89. The Morgan fingerprint density at radius 1 is 1.36 bits per heavy atom. The summed E-state index contributed by atoms with van der Waals surface area (Å²) < 4.78 is 0. The first-order valence-corrected chi connectivity index (χ1v) is 5.13. The number of likely N-dealkylation sites (N-methyl/N-ethyl adjacent to an activating group) is 2. The van der Waals surface area contributed by atoms with Crippen LogP contribution in [0.4, 0.5) is 0 Å². The summed E-state index contributed by atoms with van der Waals surface area (Å²) in [6.07, 6.45) is 1.03. The zero-order chi connectivity index (χ0) is 10.7. The van der Waals surface area contributed by atoms with Crippen LogP contribution in [-0.2, 0) is 4.79 Å². The van der Waals surface area contributed by atoms with Crippen molar-refractivity contribution in [1.29, 1.82) is 0 Å². The molecule has 1 saturated heterocycles. The van der Waals surface area contributed by atoms with Gasteiger partial charge in [0, 0.05) is 31.6 Å². The van der Waals surface area contributed by atoms with Crippen LogP contribution in [0.2, 0.25) is 0 Å². The maximum atomic E-state index is 10.5. The maximum absolute atomic E-state index is 10.5. The van der Waals surface area contributed by atoms with Crippen LogP contribution in [0.1, 0.15) is 19.8 Å². The van der Waals surface area contributed by atoms with Crippen LogP contribution in [0.15, 0.2) is 0 Å². The normalized spacial score (nSPS) is 30.5. The highest BCUT2D eigenvalue weighted by atomic mass is 16.4. The van der Waals surface area contributed by atoms with Gasteiger partial charge in [-0.15, -0.1) is 0 Å². The Morgan fingerprint density at radius 2 is 2.00 bits per heavy atom. The number of carboxylic acid groups (broad SMARTS) is 1. The van der Waals surface area contributed by atoms with E-state index in [0.717, 1.165) is 19.5 Å². The van der Waals surface area contributed by atoms with E-state index in [4.69, 9.17) is 5.11 Å². The number of hydrogen-bond acceptors (Lipinski definition) is 3. The zero-order valence-corrected chi connectivity index (χ0v) is 9.23. The molecular weight excluding hydrogens is 180 g/mol. The van der Waals surface area contributed by atoms with Crippen LogP contribution >= 0.6 is 0 Å². The molecule has 1 aliphatic heterocycles. The average molecular weight is 200 g/mol. The molecule has 2 unspecified atom stereocenters. The number of rotatable bonds is 3. The van der Waals surface area contributed by atoms with Gasteiger partial charge in [0.1, 0.15) is 0 Å². The van der Waals surface area contributed by atoms with Crippen LogP contribution < -0.4 is 0 Å². The van der Waals surface area contributed by atoms with Crippen LogP contribution in [0.25, 0.3) is 0 Å². The lowest BCUT2D eigenvalue weighted by molar-refractivity contribution is -0.137. The lowest BCUT2D eigenvalue weighted by Gasteiger charge is -2.42. The van der Waals surface area contributed by atoms with Gasteiger partial charge in [-0.1, -0.05) is 0 Å². The molecule has 82 valence electrons. The second kappa shape index (κ2) is 4.75. The van der Waals surface area contributed by atoms with Gasteiger partial charge in [0.05, 0.1) is 0 Å². The highest BCUT2D eigenvalue weighted by Crippen LogP contribution is 2.15. The summed E-state index contributed by atoms with van der Waals surface area (Å²) >= 11 is 0. The summed E-state index contributed by atoms with van der Waals surface area (Å²) in [5.41, 5.74) is 0. The van der Waals surface area contributed by atoms with E-state index in [2.05, 4.69) is 30.8 Å². The summed E-state index contributed by atoms with van der Waals surface area (Å²) in [4.78, 5) is 15.0. The van der Waals surface area contributed by atoms with Gasteiger partial charge in [0.2, 0.25) is 0 Å². The Morgan fingerprint density at radius 3 is 2.57 bits per heavy atom. The number of piperazine rings is 1. The number of hydrogen-bond donors (Lipinski definition) is 1. The second-order valence-electron chi connectivity index (χ2n) is 4.31. The summed E-state index contributed by atoms with van der Waals surface area (Å²) in [6, 6.07) is 0.966. The SMILES string of the molecule is CC1CN(C)C(CCC(=O)O)CN1C. The third-order valence-corrected chi connectivity index (χ3v) is 3.12. The van der Waals surface area contributed by atoms with Crippen molar-refractivity contribution >= 4 is 5.97 Å². The molecule has 0 aromatic heterocycles. The molecule has 0 aliphatic carbocycles. The van der Waals surface area contributed by atoms with Gasteiger partial charge in [-0.3, -0.25) is 4.79 Å². The van der Waals surface area contributed by atoms with E-state index >= 15 is 0 Å². The van der Waals surface area contributed by atoms with Crippen molar-refractivity contribution in [1.82, 2.24) is 9.80 Å². The van der Waals surface area contributed by atoms with Crippen molar-refractivity contribution in [3.05, 3.63) is 0 Å². The fourth-order valence-corrected chi connectivity index (χ4v) is 1.96. The van der Waals surface area contributed by atoms with Crippen molar-refractivity contribution < 1.29 is 9.90 Å². The van der Waals surface area contributed by atoms with Crippen LogP contribution in [0, 0.1) is 0 Å². The van der Waals surface area contributed by atoms with Gasteiger partial charge in [0.25, 0.3) is 0 Å². The summed E-state index contributed by atoms with van der Waals surface area (Å²) in [7, 11) is 4.18. The molecule has 0 aromatic rings. The molecule has 0 spiro atoms. The molecular formula is C10H20N2O2. The molecule has 0 saturated carbocycles. The lowest BCUT2D eigenvalue weighted by Crippen LogP contribution is -2.54.